The topological polar surface area (TPSA) is 102 Å². The molecule has 2 aromatic rings. The summed E-state index contributed by atoms with van der Waals surface area (Å²) in [4.78, 5) is 24.2. The fourth-order valence-corrected chi connectivity index (χ4v) is 2.17. The lowest BCUT2D eigenvalue weighted by molar-refractivity contribution is 0.0953. The third-order valence-corrected chi connectivity index (χ3v) is 3.49. The first kappa shape index (κ1) is 18.1. The molecule has 8 nitrogen and oxygen atoms in total. The molecule has 1 amide bonds. The number of hydrogen-bond acceptors (Lipinski definition) is 6. The number of hydrazone groups is 1. The Labute approximate surface area is 144 Å². The molecule has 0 aliphatic carbocycles. The Morgan fingerprint density at radius 2 is 1.96 bits per heavy atom. The van der Waals surface area contributed by atoms with Gasteiger partial charge in [0.25, 0.3) is 11.5 Å². The molecular weight excluding hydrogens is 326 g/mol. The van der Waals surface area contributed by atoms with E-state index >= 15 is 0 Å². The lowest BCUT2D eigenvalue weighted by atomic mass is 10.2. The van der Waals surface area contributed by atoms with E-state index in [-0.39, 0.29) is 28.4 Å². The van der Waals surface area contributed by atoms with Crippen LogP contribution in [0.1, 0.15) is 22.8 Å². The number of methoxy groups -OCH3 is 2. The first-order chi connectivity index (χ1) is 12.0. The van der Waals surface area contributed by atoms with Gasteiger partial charge in [0.2, 0.25) is 5.75 Å². The third kappa shape index (κ3) is 3.97. The lowest BCUT2D eigenvalue weighted by Gasteiger charge is -2.09. The Balaban J connectivity index is 2.19. The second-order valence-corrected chi connectivity index (χ2v) is 4.99. The molecule has 0 spiro atoms. The number of phenolic OH excluding ortho intramolecular Hbond substituents is 1. The van der Waals surface area contributed by atoms with Crippen molar-refractivity contribution >= 4 is 12.1 Å². The van der Waals surface area contributed by atoms with Crippen molar-refractivity contribution in [1.82, 2.24) is 9.99 Å². The van der Waals surface area contributed by atoms with E-state index in [4.69, 9.17) is 9.47 Å². The van der Waals surface area contributed by atoms with E-state index in [0.29, 0.717) is 12.1 Å². The van der Waals surface area contributed by atoms with E-state index in [0.717, 1.165) is 0 Å². The highest BCUT2D eigenvalue weighted by Gasteiger charge is 2.12. The fraction of sp³-hybridized carbons (Fsp3) is 0.235. The van der Waals surface area contributed by atoms with E-state index < -0.39 is 5.91 Å². The van der Waals surface area contributed by atoms with Crippen molar-refractivity contribution in [2.24, 2.45) is 5.10 Å². The molecular formula is C17H19N3O5. The summed E-state index contributed by atoms with van der Waals surface area (Å²) in [5, 5.41) is 13.7. The number of rotatable bonds is 6. The summed E-state index contributed by atoms with van der Waals surface area (Å²) in [5.41, 5.74) is 2.45. The molecule has 0 unspecified atom stereocenters. The first-order valence-electron chi connectivity index (χ1n) is 7.49. The largest absolute Gasteiger partial charge is 0.502 e. The summed E-state index contributed by atoms with van der Waals surface area (Å²) in [6.07, 6.45) is 2.96. The van der Waals surface area contributed by atoms with Gasteiger partial charge < -0.3 is 19.1 Å². The van der Waals surface area contributed by atoms with Crippen LogP contribution in [0.3, 0.4) is 0 Å². The molecule has 0 bridgehead atoms. The highest BCUT2D eigenvalue weighted by atomic mass is 16.5. The summed E-state index contributed by atoms with van der Waals surface area (Å²) in [5.74, 6) is -0.320. The van der Waals surface area contributed by atoms with Gasteiger partial charge >= 0.3 is 0 Å². The van der Waals surface area contributed by atoms with Gasteiger partial charge in [0.15, 0.2) is 11.5 Å². The van der Waals surface area contributed by atoms with Crippen LogP contribution in [0, 0.1) is 0 Å². The SMILES string of the molecule is CCn1cccc(C(=O)N/N=C\c2cc(OC)c(O)c(OC)c2)c1=O. The monoisotopic (exact) mass is 345 g/mol. The smallest absolute Gasteiger partial charge is 0.276 e. The molecule has 8 heteroatoms. The van der Waals surface area contributed by atoms with Gasteiger partial charge in [-0.05, 0) is 31.2 Å². The van der Waals surface area contributed by atoms with Gasteiger partial charge in [0.05, 0.1) is 20.4 Å². The Kier molecular flexibility index (Phi) is 5.78. The molecule has 1 heterocycles. The molecule has 0 atom stereocenters. The van der Waals surface area contributed by atoms with Crippen LogP contribution in [0.2, 0.25) is 0 Å². The van der Waals surface area contributed by atoms with Crippen molar-refractivity contribution in [3.8, 4) is 17.2 Å². The van der Waals surface area contributed by atoms with Gasteiger partial charge in [-0.25, -0.2) is 5.43 Å². The molecule has 0 saturated carbocycles. The number of benzene rings is 1. The Bertz CT molecular complexity index is 833. The predicted octanol–water partition coefficient (Wildman–Crippen LogP) is 1.35. The quantitative estimate of drug-likeness (QED) is 0.608. The maximum Gasteiger partial charge on any atom is 0.276 e. The van der Waals surface area contributed by atoms with Crippen LogP contribution in [0.25, 0.3) is 0 Å². The third-order valence-electron chi connectivity index (χ3n) is 3.49. The van der Waals surface area contributed by atoms with Gasteiger partial charge in [0, 0.05) is 18.3 Å². The summed E-state index contributed by atoms with van der Waals surface area (Å²) in [6, 6.07) is 6.12. The van der Waals surface area contributed by atoms with E-state index in [9.17, 15) is 14.7 Å². The van der Waals surface area contributed by atoms with Crippen molar-refractivity contribution < 1.29 is 19.4 Å². The fourth-order valence-electron chi connectivity index (χ4n) is 2.17. The molecule has 1 aromatic carbocycles. The number of nitrogens with zero attached hydrogens (tertiary/aromatic N) is 2. The highest BCUT2D eigenvalue weighted by Crippen LogP contribution is 2.36. The summed E-state index contributed by atoms with van der Waals surface area (Å²) in [7, 11) is 2.82. The second-order valence-electron chi connectivity index (χ2n) is 4.99. The van der Waals surface area contributed by atoms with E-state index in [1.165, 1.54) is 43.2 Å². The predicted molar refractivity (Wildman–Crippen MR) is 92.6 cm³/mol. The molecule has 0 aliphatic heterocycles. The van der Waals surface area contributed by atoms with Crippen molar-refractivity contribution in [1.29, 1.82) is 0 Å². The van der Waals surface area contributed by atoms with Crippen LogP contribution in [0.4, 0.5) is 0 Å². The molecule has 2 N–H and O–H groups in total. The average molecular weight is 345 g/mol. The molecule has 0 radical (unpaired) electrons. The Hall–Kier alpha value is -3.29. The van der Waals surface area contributed by atoms with Crippen LogP contribution in [0.5, 0.6) is 17.2 Å². The van der Waals surface area contributed by atoms with E-state index in [1.54, 1.807) is 12.3 Å². The van der Waals surface area contributed by atoms with Crippen molar-refractivity contribution in [2.75, 3.05) is 14.2 Å². The van der Waals surface area contributed by atoms with Crippen molar-refractivity contribution in [3.05, 3.63) is 51.9 Å². The average Bonchev–Trinajstić information content (AvgIpc) is 2.62. The van der Waals surface area contributed by atoms with Crippen molar-refractivity contribution in [3.63, 3.8) is 0 Å². The molecule has 1 aromatic heterocycles. The highest BCUT2D eigenvalue weighted by molar-refractivity contribution is 5.94. The minimum absolute atomic E-state index is 0.00219. The zero-order valence-electron chi connectivity index (χ0n) is 14.1. The van der Waals surface area contributed by atoms with Gasteiger partial charge in [-0.15, -0.1) is 0 Å². The number of hydrogen-bond donors (Lipinski definition) is 2. The summed E-state index contributed by atoms with van der Waals surface area (Å²) in [6.45, 7) is 2.28. The van der Waals surface area contributed by atoms with Gasteiger partial charge in [0.1, 0.15) is 5.56 Å². The minimum Gasteiger partial charge on any atom is -0.502 e. The number of ether oxygens (including phenoxy) is 2. The number of phenols is 1. The van der Waals surface area contributed by atoms with Crippen LogP contribution >= 0.6 is 0 Å². The minimum atomic E-state index is -0.609. The molecule has 132 valence electrons. The normalized spacial score (nSPS) is 10.7. The molecule has 0 saturated heterocycles. The van der Waals surface area contributed by atoms with E-state index in [1.807, 2.05) is 6.92 Å². The number of amides is 1. The Morgan fingerprint density at radius 3 is 2.52 bits per heavy atom. The maximum atomic E-state index is 12.1. The van der Waals surface area contributed by atoms with Crippen LogP contribution < -0.4 is 20.5 Å². The number of aromatic hydroxyl groups is 1. The molecule has 2 rings (SSSR count). The van der Waals surface area contributed by atoms with Crippen LogP contribution in [0.15, 0.2) is 40.4 Å². The number of pyridine rings is 1. The number of aromatic nitrogens is 1. The van der Waals surface area contributed by atoms with Crippen LogP contribution in [-0.2, 0) is 6.54 Å². The number of aryl methyl sites for hydroxylation is 1. The zero-order valence-corrected chi connectivity index (χ0v) is 14.1. The van der Waals surface area contributed by atoms with Gasteiger partial charge in [-0.1, -0.05) is 0 Å². The zero-order chi connectivity index (χ0) is 18.4. The Morgan fingerprint density at radius 1 is 1.32 bits per heavy atom. The standard InChI is InChI=1S/C17H19N3O5/c1-4-20-7-5-6-12(17(20)23)16(22)19-18-10-11-8-13(24-2)15(21)14(9-11)25-3/h5-10,21H,4H2,1-3H3,(H,19,22)/b18-10-. The summed E-state index contributed by atoms with van der Waals surface area (Å²) < 4.78 is 11.5. The van der Waals surface area contributed by atoms with Crippen LogP contribution in [-0.4, -0.2) is 36.0 Å². The summed E-state index contributed by atoms with van der Waals surface area (Å²) >= 11 is 0. The maximum absolute atomic E-state index is 12.1. The van der Waals surface area contributed by atoms with Gasteiger partial charge in [-0.2, -0.15) is 5.10 Å². The lowest BCUT2D eigenvalue weighted by Crippen LogP contribution is -2.30. The van der Waals surface area contributed by atoms with Gasteiger partial charge in [-0.3, -0.25) is 9.59 Å². The molecule has 0 fully saturated rings. The first-order valence-corrected chi connectivity index (χ1v) is 7.49. The molecule has 25 heavy (non-hydrogen) atoms. The number of carbonyl (C=O) groups excluding carboxylic acids is 1. The number of carbonyl (C=O) groups is 1. The van der Waals surface area contributed by atoms with E-state index in [2.05, 4.69) is 10.5 Å². The molecule has 0 aliphatic rings. The second kappa shape index (κ2) is 8.00. The van der Waals surface area contributed by atoms with Crippen molar-refractivity contribution in [2.45, 2.75) is 13.5 Å². The number of nitrogens with one attached hydrogen (secondary N) is 1.